The van der Waals surface area contributed by atoms with E-state index >= 15 is 0 Å². The minimum Gasteiger partial charge on any atom is -0.368 e. The van der Waals surface area contributed by atoms with Crippen LogP contribution in [-0.2, 0) is 0 Å². The van der Waals surface area contributed by atoms with Crippen LogP contribution in [0.1, 0.15) is 0 Å². The maximum atomic E-state index is 5.72. The van der Waals surface area contributed by atoms with Gasteiger partial charge in [0.2, 0.25) is 5.95 Å². The van der Waals surface area contributed by atoms with E-state index in [0.29, 0.717) is 11.0 Å². The van der Waals surface area contributed by atoms with Gasteiger partial charge < -0.3 is 11.1 Å². The predicted molar refractivity (Wildman–Crippen MR) is 59.1 cm³/mol. The van der Waals surface area contributed by atoms with Crippen molar-refractivity contribution in [3.63, 3.8) is 0 Å². The fraction of sp³-hybridized carbons (Fsp3) is 0. The third-order valence-corrected chi connectivity index (χ3v) is 2.38. The van der Waals surface area contributed by atoms with Gasteiger partial charge in [-0.05, 0) is 11.4 Å². The van der Waals surface area contributed by atoms with E-state index < -0.39 is 0 Å². The largest absolute Gasteiger partial charge is 0.368 e. The van der Waals surface area contributed by atoms with Crippen LogP contribution in [0.2, 0.25) is 5.15 Å². The molecule has 0 spiro atoms. The summed E-state index contributed by atoms with van der Waals surface area (Å²) in [4.78, 5) is 7.74. The van der Waals surface area contributed by atoms with Crippen molar-refractivity contribution in [3.05, 3.63) is 28.0 Å². The van der Waals surface area contributed by atoms with Gasteiger partial charge in [-0.25, -0.2) is 4.98 Å². The van der Waals surface area contributed by atoms with Crippen molar-refractivity contribution < 1.29 is 0 Å². The zero-order valence-corrected chi connectivity index (χ0v) is 8.64. The SMILES string of the molecule is Nc1nc(Cl)cc(Nc2ccsc2)n1. The van der Waals surface area contributed by atoms with Crippen molar-refractivity contribution in [1.82, 2.24) is 9.97 Å². The Kier molecular flexibility index (Phi) is 2.51. The zero-order valence-electron chi connectivity index (χ0n) is 7.07. The van der Waals surface area contributed by atoms with Crippen LogP contribution in [0.15, 0.2) is 22.9 Å². The Bertz CT molecular complexity index is 409. The van der Waals surface area contributed by atoms with E-state index in [9.17, 15) is 0 Å². The van der Waals surface area contributed by atoms with Gasteiger partial charge in [0.25, 0.3) is 0 Å². The molecule has 0 aliphatic rings. The standard InChI is InChI=1S/C8H7ClN4S/c9-6-3-7(13-8(10)12-6)11-5-1-2-14-4-5/h1-4H,(H3,10,11,12,13). The van der Waals surface area contributed by atoms with Crippen molar-refractivity contribution in [1.29, 1.82) is 0 Å². The molecule has 0 aromatic carbocycles. The summed E-state index contributed by atoms with van der Waals surface area (Å²) >= 11 is 7.32. The van der Waals surface area contributed by atoms with Gasteiger partial charge in [-0.15, -0.1) is 0 Å². The number of thiophene rings is 1. The molecule has 0 atom stereocenters. The molecule has 2 rings (SSSR count). The summed E-state index contributed by atoms with van der Waals surface area (Å²) in [7, 11) is 0. The van der Waals surface area contributed by atoms with Crippen molar-refractivity contribution in [3.8, 4) is 0 Å². The summed E-state index contributed by atoms with van der Waals surface area (Å²) in [5, 5.41) is 7.32. The van der Waals surface area contributed by atoms with Gasteiger partial charge in [-0.1, -0.05) is 11.6 Å². The van der Waals surface area contributed by atoms with E-state index in [-0.39, 0.29) is 5.95 Å². The van der Waals surface area contributed by atoms with Gasteiger partial charge in [0.15, 0.2) is 0 Å². The first-order valence-corrected chi connectivity index (χ1v) is 5.15. The van der Waals surface area contributed by atoms with Crippen LogP contribution in [0.3, 0.4) is 0 Å². The normalized spacial score (nSPS) is 10.1. The van der Waals surface area contributed by atoms with Gasteiger partial charge >= 0.3 is 0 Å². The Morgan fingerprint density at radius 3 is 2.93 bits per heavy atom. The summed E-state index contributed by atoms with van der Waals surface area (Å²) < 4.78 is 0. The molecule has 0 unspecified atom stereocenters. The number of nitrogens with two attached hydrogens (primary N) is 1. The number of hydrogen-bond donors (Lipinski definition) is 2. The predicted octanol–water partition coefficient (Wildman–Crippen LogP) is 2.52. The number of hydrogen-bond acceptors (Lipinski definition) is 5. The molecule has 0 aliphatic heterocycles. The number of nitrogens with one attached hydrogen (secondary N) is 1. The molecule has 0 amide bonds. The van der Waals surface area contributed by atoms with Crippen molar-refractivity contribution in [2.24, 2.45) is 0 Å². The van der Waals surface area contributed by atoms with E-state index in [1.807, 2.05) is 16.8 Å². The smallest absolute Gasteiger partial charge is 0.223 e. The second-order valence-electron chi connectivity index (χ2n) is 2.57. The zero-order chi connectivity index (χ0) is 9.97. The molecule has 2 aromatic heterocycles. The van der Waals surface area contributed by atoms with Crippen molar-refractivity contribution in [2.45, 2.75) is 0 Å². The molecule has 0 aliphatic carbocycles. The van der Waals surface area contributed by atoms with E-state index in [1.54, 1.807) is 17.4 Å². The summed E-state index contributed by atoms with van der Waals surface area (Å²) in [6, 6.07) is 3.56. The molecule has 6 heteroatoms. The fourth-order valence-electron chi connectivity index (χ4n) is 0.983. The van der Waals surface area contributed by atoms with Crippen LogP contribution in [0, 0.1) is 0 Å². The van der Waals surface area contributed by atoms with E-state index in [0.717, 1.165) is 5.69 Å². The number of aromatic nitrogens is 2. The lowest BCUT2D eigenvalue weighted by Gasteiger charge is -2.03. The lowest BCUT2D eigenvalue weighted by molar-refractivity contribution is 1.19. The minimum absolute atomic E-state index is 0.162. The van der Waals surface area contributed by atoms with Crippen LogP contribution in [0.5, 0.6) is 0 Å². The van der Waals surface area contributed by atoms with Crippen LogP contribution in [0.25, 0.3) is 0 Å². The molecule has 0 saturated carbocycles. The molecule has 0 saturated heterocycles. The highest BCUT2D eigenvalue weighted by molar-refractivity contribution is 7.08. The average molecular weight is 227 g/mol. The van der Waals surface area contributed by atoms with Gasteiger partial charge in [0.1, 0.15) is 11.0 Å². The molecule has 0 bridgehead atoms. The minimum atomic E-state index is 0.162. The Hall–Kier alpha value is -1.33. The number of rotatable bonds is 2. The van der Waals surface area contributed by atoms with Crippen LogP contribution in [-0.4, -0.2) is 9.97 Å². The quantitative estimate of drug-likeness (QED) is 0.773. The molecular weight excluding hydrogens is 220 g/mol. The molecule has 3 N–H and O–H groups in total. The van der Waals surface area contributed by atoms with Crippen molar-refractivity contribution >= 4 is 40.4 Å². The lowest BCUT2D eigenvalue weighted by atomic mass is 10.5. The van der Waals surface area contributed by atoms with E-state index in [1.165, 1.54) is 0 Å². The molecule has 4 nitrogen and oxygen atoms in total. The van der Waals surface area contributed by atoms with Crippen molar-refractivity contribution in [2.75, 3.05) is 11.1 Å². The molecule has 0 fully saturated rings. The van der Waals surface area contributed by atoms with Crippen LogP contribution >= 0.6 is 22.9 Å². The fourth-order valence-corrected chi connectivity index (χ4v) is 1.76. The van der Waals surface area contributed by atoms with E-state index in [2.05, 4.69) is 15.3 Å². The van der Waals surface area contributed by atoms with Crippen LogP contribution in [0.4, 0.5) is 17.5 Å². The second-order valence-corrected chi connectivity index (χ2v) is 3.74. The molecule has 2 aromatic rings. The highest BCUT2D eigenvalue weighted by Gasteiger charge is 2.00. The average Bonchev–Trinajstić information content (AvgIpc) is 2.54. The highest BCUT2D eigenvalue weighted by Crippen LogP contribution is 2.19. The first kappa shape index (κ1) is 9.23. The summed E-state index contributed by atoms with van der Waals surface area (Å²) in [6.45, 7) is 0. The molecule has 0 radical (unpaired) electrons. The second kappa shape index (κ2) is 3.81. The number of anilines is 3. The number of nitrogen functional groups attached to an aromatic ring is 1. The summed E-state index contributed by atoms with van der Waals surface area (Å²) in [6.07, 6.45) is 0. The molecular formula is C8H7ClN4S. The third-order valence-electron chi connectivity index (χ3n) is 1.51. The summed E-state index contributed by atoms with van der Waals surface area (Å²) in [5.74, 6) is 0.760. The maximum Gasteiger partial charge on any atom is 0.223 e. The summed E-state index contributed by atoms with van der Waals surface area (Å²) in [5.41, 5.74) is 6.41. The van der Waals surface area contributed by atoms with Gasteiger partial charge in [-0.3, -0.25) is 0 Å². The van der Waals surface area contributed by atoms with Gasteiger partial charge in [0.05, 0.1) is 5.69 Å². The number of halogens is 1. The van der Waals surface area contributed by atoms with Crippen LogP contribution < -0.4 is 11.1 Å². The first-order valence-electron chi connectivity index (χ1n) is 3.83. The highest BCUT2D eigenvalue weighted by atomic mass is 35.5. The van der Waals surface area contributed by atoms with Gasteiger partial charge in [0, 0.05) is 11.4 Å². The Balaban J connectivity index is 2.25. The number of nitrogens with zero attached hydrogens (tertiary/aromatic N) is 2. The Morgan fingerprint density at radius 2 is 2.29 bits per heavy atom. The first-order chi connectivity index (χ1) is 6.74. The van der Waals surface area contributed by atoms with E-state index in [4.69, 9.17) is 17.3 Å². The Morgan fingerprint density at radius 1 is 1.43 bits per heavy atom. The molecule has 2 heterocycles. The monoisotopic (exact) mass is 226 g/mol. The Labute approximate surface area is 89.8 Å². The van der Waals surface area contributed by atoms with Gasteiger partial charge in [-0.2, -0.15) is 16.3 Å². The molecule has 14 heavy (non-hydrogen) atoms. The third kappa shape index (κ3) is 2.12. The lowest BCUT2D eigenvalue weighted by Crippen LogP contribution is -1.99. The molecule has 72 valence electrons. The topological polar surface area (TPSA) is 63.8 Å². The maximum absolute atomic E-state index is 5.72.